The van der Waals surface area contributed by atoms with Gasteiger partial charge in [0, 0.05) is 29.6 Å². The topological polar surface area (TPSA) is 72.2 Å². The van der Waals surface area contributed by atoms with E-state index in [4.69, 9.17) is 11.6 Å². The molecule has 1 unspecified atom stereocenters. The van der Waals surface area contributed by atoms with Crippen molar-refractivity contribution in [3.63, 3.8) is 0 Å². The molecule has 0 saturated carbocycles. The molecule has 0 bridgehead atoms. The fourth-order valence-corrected chi connectivity index (χ4v) is 1.65. The van der Waals surface area contributed by atoms with E-state index in [1.807, 2.05) is 6.92 Å². The van der Waals surface area contributed by atoms with Crippen LogP contribution >= 0.6 is 11.6 Å². The van der Waals surface area contributed by atoms with Gasteiger partial charge < -0.3 is 5.32 Å². The van der Waals surface area contributed by atoms with E-state index in [2.05, 4.69) is 5.32 Å². The molecule has 0 spiro atoms. The van der Waals surface area contributed by atoms with Crippen LogP contribution in [0.3, 0.4) is 0 Å². The van der Waals surface area contributed by atoms with Gasteiger partial charge in [-0.3, -0.25) is 14.9 Å². The van der Waals surface area contributed by atoms with Crippen LogP contribution in [0.25, 0.3) is 0 Å². The Balaban J connectivity index is 2.58. The van der Waals surface area contributed by atoms with Crippen LogP contribution in [0.15, 0.2) is 24.3 Å². The maximum atomic E-state index is 11.8. The number of alkyl halides is 1. The maximum Gasteiger partial charge on any atom is 0.269 e. The van der Waals surface area contributed by atoms with Gasteiger partial charge in [-0.2, -0.15) is 0 Å². The van der Waals surface area contributed by atoms with Gasteiger partial charge >= 0.3 is 0 Å². The average molecular weight is 271 g/mol. The van der Waals surface area contributed by atoms with Gasteiger partial charge in [0.05, 0.1) is 4.92 Å². The van der Waals surface area contributed by atoms with Gasteiger partial charge in [-0.25, -0.2) is 0 Å². The lowest BCUT2D eigenvalue weighted by atomic mass is 10.1. The Morgan fingerprint density at radius 3 is 2.56 bits per heavy atom. The quantitative estimate of drug-likeness (QED) is 0.491. The number of carbonyl (C=O) groups excluding carboxylic acids is 1. The van der Waals surface area contributed by atoms with E-state index in [0.717, 1.165) is 12.8 Å². The maximum absolute atomic E-state index is 11.8. The molecule has 0 heterocycles. The van der Waals surface area contributed by atoms with E-state index in [1.54, 1.807) is 0 Å². The molecule has 0 aliphatic carbocycles. The number of nitro groups is 1. The van der Waals surface area contributed by atoms with Gasteiger partial charge in [-0.1, -0.05) is 0 Å². The van der Waals surface area contributed by atoms with Crippen molar-refractivity contribution in [2.75, 3.05) is 5.88 Å². The average Bonchev–Trinajstić information content (AvgIpc) is 2.36. The summed E-state index contributed by atoms with van der Waals surface area (Å²) in [4.78, 5) is 21.8. The monoisotopic (exact) mass is 270 g/mol. The lowest BCUT2D eigenvalue weighted by molar-refractivity contribution is -0.384. The fourth-order valence-electron chi connectivity index (χ4n) is 1.50. The number of amides is 1. The van der Waals surface area contributed by atoms with Crippen molar-refractivity contribution in [1.82, 2.24) is 5.32 Å². The van der Waals surface area contributed by atoms with Crippen LogP contribution in [-0.2, 0) is 0 Å². The van der Waals surface area contributed by atoms with Crippen molar-refractivity contribution in [3.8, 4) is 0 Å². The van der Waals surface area contributed by atoms with Crippen LogP contribution < -0.4 is 5.32 Å². The van der Waals surface area contributed by atoms with E-state index in [1.165, 1.54) is 24.3 Å². The molecule has 1 rings (SSSR count). The van der Waals surface area contributed by atoms with E-state index < -0.39 is 4.92 Å². The van der Waals surface area contributed by atoms with Gasteiger partial charge in [-0.05, 0) is 31.9 Å². The number of rotatable bonds is 6. The highest BCUT2D eigenvalue weighted by molar-refractivity contribution is 6.17. The summed E-state index contributed by atoms with van der Waals surface area (Å²) in [5, 5.41) is 13.3. The smallest absolute Gasteiger partial charge is 0.269 e. The van der Waals surface area contributed by atoms with E-state index >= 15 is 0 Å². The first-order valence-electron chi connectivity index (χ1n) is 5.66. The normalized spacial score (nSPS) is 11.9. The molecule has 6 heteroatoms. The number of hydrogen-bond acceptors (Lipinski definition) is 3. The van der Waals surface area contributed by atoms with Crippen molar-refractivity contribution < 1.29 is 9.72 Å². The molecule has 0 aliphatic heterocycles. The molecule has 1 amide bonds. The standard InChI is InChI=1S/C12H15ClN2O3/c1-9(3-2-8-13)14-12(16)10-4-6-11(7-5-10)15(17)18/h4-7,9H,2-3,8H2,1H3,(H,14,16). The first-order chi connectivity index (χ1) is 8.54. The Hall–Kier alpha value is -1.62. The predicted octanol–water partition coefficient (Wildman–Crippen LogP) is 2.73. The Morgan fingerprint density at radius 1 is 1.44 bits per heavy atom. The zero-order chi connectivity index (χ0) is 13.5. The van der Waals surface area contributed by atoms with Gasteiger partial charge in [0.25, 0.3) is 11.6 Å². The lowest BCUT2D eigenvalue weighted by Crippen LogP contribution is -2.32. The van der Waals surface area contributed by atoms with Gasteiger partial charge in [0.15, 0.2) is 0 Å². The molecule has 0 saturated heterocycles. The summed E-state index contributed by atoms with van der Waals surface area (Å²) in [5.41, 5.74) is 0.389. The molecule has 0 aliphatic rings. The minimum absolute atomic E-state index is 0.0262. The molecule has 0 radical (unpaired) electrons. The zero-order valence-electron chi connectivity index (χ0n) is 10.1. The number of carbonyl (C=O) groups is 1. The van der Waals surface area contributed by atoms with Crippen molar-refractivity contribution in [2.24, 2.45) is 0 Å². The van der Waals surface area contributed by atoms with Crippen molar-refractivity contribution in [1.29, 1.82) is 0 Å². The molecular weight excluding hydrogens is 256 g/mol. The molecule has 1 atom stereocenters. The number of non-ortho nitro benzene ring substituents is 1. The molecule has 5 nitrogen and oxygen atoms in total. The van der Waals surface area contributed by atoms with Crippen LogP contribution in [0, 0.1) is 10.1 Å². The number of nitrogens with one attached hydrogen (secondary N) is 1. The second-order valence-corrected chi connectivity index (χ2v) is 4.39. The molecule has 1 aromatic rings. The fraction of sp³-hybridized carbons (Fsp3) is 0.417. The highest BCUT2D eigenvalue weighted by Crippen LogP contribution is 2.12. The minimum Gasteiger partial charge on any atom is -0.350 e. The van der Waals surface area contributed by atoms with Crippen molar-refractivity contribution in [3.05, 3.63) is 39.9 Å². The Kier molecular flexibility index (Phi) is 5.58. The molecular formula is C12H15ClN2O3. The van der Waals surface area contributed by atoms with Gasteiger partial charge in [0.1, 0.15) is 0 Å². The molecule has 18 heavy (non-hydrogen) atoms. The number of nitrogens with zero attached hydrogens (tertiary/aromatic N) is 1. The van der Waals surface area contributed by atoms with Crippen LogP contribution in [0.1, 0.15) is 30.1 Å². The van der Waals surface area contributed by atoms with Crippen molar-refractivity contribution in [2.45, 2.75) is 25.8 Å². The van der Waals surface area contributed by atoms with Crippen LogP contribution in [0.5, 0.6) is 0 Å². The minimum atomic E-state index is -0.495. The van der Waals surface area contributed by atoms with Gasteiger partial charge in [0.2, 0.25) is 0 Å². The zero-order valence-corrected chi connectivity index (χ0v) is 10.8. The largest absolute Gasteiger partial charge is 0.350 e. The number of halogens is 1. The molecule has 1 aromatic carbocycles. The highest BCUT2D eigenvalue weighted by atomic mass is 35.5. The van der Waals surface area contributed by atoms with E-state index in [0.29, 0.717) is 11.4 Å². The third kappa shape index (κ3) is 4.33. The number of hydrogen-bond donors (Lipinski definition) is 1. The summed E-state index contributed by atoms with van der Waals surface area (Å²) >= 11 is 5.57. The van der Waals surface area contributed by atoms with E-state index in [-0.39, 0.29) is 17.6 Å². The number of nitro benzene ring substituents is 1. The SMILES string of the molecule is CC(CCCCl)NC(=O)c1ccc([N+](=O)[O-])cc1. The second-order valence-electron chi connectivity index (χ2n) is 4.01. The first kappa shape index (κ1) is 14.4. The number of benzene rings is 1. The molecule has 98 valence electrons. The highest BCUT2D eigenvalue weighted by Gasteiger charge is 2.11. The van der Waals surface area contributed by atoms with Crippen molar-refractivity contribution >= 4 is 23.2 Å². The predicted molar refractivity (Wildman–Crippen MR) is 70.0 cm³/mol. The summed E-state index contributed by atoms with van der Waals surface area (Å²) < 4.78 is 0. The second kappa shape index (κ2) is 6.96. The summed E-state index contributed by atoms with van der Waals surface area (Å²) in [7, 11) is 0. The van der Waals surface area contributed by atoms with Crippen LogP contribution in [-0.4, -0.2) is 22.8 Å². The summed E-state index contributed by atoms with van der Waals surface area (Å²) in [6.45, 7) is 1.90. The molecule has 0 fully saturated rings. The Morgan fingerprint density at radius 2 is 2.06 bits per heavy atom. The van der Waals surface area contributed by atoms with Crippen LogP contribution in [0.2, 0.25) is 0 Å². The Bertz CT molecular complexity index is 420. The lowest BCUT2D eigenvalue weighted by Gasteiger charge is -2.12. The third-order valence-electron chi connectivity index (χ3n) is 2.49. The van der Waals surface area contributed by atoms with Crippen LogP contribution in [0.4, 0.5) is 5.69 Å². The third-order valence-corrected chi connectivity index (χ3v) is 2.76. The van der Waals surface area contributed by atoms with E-state index in [9.17, 15) is 14.9 Å². The summed E-state index contributed by atoms with van der Waals surface area (Å²) in [6.07, 6.45) is 1.64. The molecule has 0 aromatic heterocycles. The Labute approximate surface area is 110 Å². The summed E-state index contributed by atoms with van der Waals surface area (Å²) in [6, 6.07) is 5.56. The summed E-state index contributed by atoms with van der Waals surface area (Å²) in [5.74, 6) is 0.338. The molecule has 1 N–H and O–H groups in total. The first-order valence-corrected chi connectivity index (χ1v) is 6.19. The van der Waals surface area contributed by atoms with Gasteiger partial charge in [-0.15, -0.1) is 11.6 Å².